The van der Waals surface area contributed by atoms with Gasteiger partial charge < -0.3 is 14.7 Å². The van der Waals surface area contributed by atoms with Gasteiger partial charge in [-0.15, -0.1) is 12.4 Å². The number of likely N-dealkylation sites (N-methyl/N-ethyl adjacent to an activating group) is 1. The van der Waals surface area contributed by atoms with Crippen LogP contribution >= 0.6 is 12.4 Å². The summed E-state index contributed by atoms with van der Waals surface area (Å²) in [6, 6.07) is 4.26. The van der Waals surface area contributed by atoms with Crippen LogP contribution in [0.25, 0.3) is 0 Å². The molecule has 32 heavy (non-hydrogen) atoms. The Morgan fingerprint density at radius 1 is 1.12 bits per heavy atom. The Balaban J connectivity index is 0.00000363. The largest absolute Gasteiger partial charge is 0.478 e. The van der Waals surface area contributed by atoms with Gasteiger partial charge >= 0.3 is 18.1 Å². The molecule has 1 aromatic carbocycles. The molecule has 1 saturated heterocycles. The lowest BCUT2D eigenvalue weighted by molar-refractivity contribution is -0.138. The van der Waals surface area contributed by atoms with Crippen LogP contribution < -0.4 is 0 Å². The minimum absolute atomic E-state index is 0. The zero-order valence-corrected chi connectivity index (χ0v) is 18.8. The molecule has 176 valence electrons. The second-order valence-corrected chi connectivity index (χ2v) is 7.75. The van der Waals surface area contributed by atoms with Crippen LogP contribution in [-0.2, 0) is 20.5 Å². The van der Waals surface area contributed by atoms with Crippen molar-refractivity contribution in [1.29, 1.82) is 0 Å². The lowest BCUT2D eigenvalue weighted by Gasteiger charge is -2.37. The number of allylic oxidation sites excluding steroid dienone is 1. The lowest BCUT2D eigenvalue weighted by atomic mass is 9.79. The van der Waals surface area contributed by atoms with E-state index in [1.54, 1.807) is 18.9 Å². The first kappa shape index (κ1) is 25.7. The molecule has 0 bridgehead atoms. The Morgan fingerprint density at radius 2 is 1.69 bits per heavy atom. The first-order valence-corrected chi connectivity index (χ1v) is 9.95. The summed E-state index contributed by atoms with van der Waals surface area (Å²) in [6.45, 7) is 3.73. The smallest absolute Gasteiger partial charge is 0.416 e. The van der Waals surface area contributed by atoms with E-state index in [1.807, 2.05) is 0 Å². The molecular weight excluding hydrogens is 449 g/mol. The topological polar surface area (TPSA) is 70.1 Å². The van der Waals surface area contributed by atoms with Crippen molar-refractivity contribution in [3.8, 4) is 0 Å². The highest BCUT2D eigenvalue weighted by atomic mass is 35.5. The molecule has 0 spiro atoms. The molecule has 0 aliphatic carbocycles. The van der Waals surface area contributed by atoms with Crippen LogP contribution in [0.15, 0.2) is 46.8 Å². The zero-order chi connectivity index (χ0) is 22.9. The van der Waals surface area contributed by atoms with E-state index < -0.39 is 29.6 Å². The first-order valence-electron chi connectivity index (χ1n) is 9.95. The fourth-order valence-corrected chi connectivity index (χ4v) is 4.25. The number of carboxylic acids is 1. The molecule has 0 amide bonds. The third-order valence-electron chi connectivity index (χ3n) is 5.97. The highest BCUT2D eigenvalue weighted by Crippen LogP contribution is 2.43. The molecule has 2 aliphatic rings. The third kappa shape index (κ3) is 4.94. The number of rotatable bonds is 5. The van der Waals surface area contributed by atoms with Crippen LogP contribution in [0.1, 0.15) is 36.8 Å². The van der Waals surface area contributed by atoms with Crippen molar-refractivity contribution in [3.63, 3.8) is 0 Å². The van der Waals surface area contributed by atoms with Gasteiger partial charge in [-0.25, -0.2) is 9.59 Å². The van der Waals surface area contributed by atoms with Crippen LogP contribution in [0, 0.1) is 0 Å². The molecule has 1 fully saturated rings. The van der Waals surface area contributed by atoms with Gasteiger partial charge in [-0.1, -0.05) is 12.1 Å². The van der Waals surface area contributed by atoms with Crippen molar-refractivity contribution in [2.75, 3.05) is 33.8 Å². The summed E-state index contributed by atoms with van der Waals surface area (Å²) in [5.41, 5.74) is 0.549. The van der Waals surface area contributed by atoms with Gasteiger partial charge in [0, 0.05) is 25.0 Å². The van der Waals surface area contributed by atoms with Crippen molar-refractivity contribution in [2.24, 2.45) is 0 Å². The second kappa shape index (κ2) is 9.95. The average molecular weight is 475 g/mol. The van der Waals surface area contributed by atoms with Crippen LogP contribution in [0.4, 0.5) is 13.2 Å². The van der Waals surface area contributed by atoms with Crippen molar-refractivity contribution in [2.45, 2.75) is 31.9 Å². The molecule has 1 atom stereocenters. The lowest BCUT2D eigenvalue weighted by Crippen LogP contribution is -2.38. The fraction of sp³-hybridized carbons (Fsp3) is 0.455. The number of aliphatic carboxylic acids is 1. The van der Waals surface area contributed by atoms with Gasteiger partial charge in [0.15, 0.2) is 0 Å². The summed E-state index contributed by atoms with van der Waals surface area (Å²) < 4.78 is 44.0. The molecule has 0 radical (unpaired) electrons. The summed E-state index contributed by atoms with van der Waals surface area (Å²) in [7, 11) is 2.88. The van der Waals surface area contributed by atoms with Crippen molar-refractivity contribution >= 4 is 24.3 Å². The van der Waals surface area contributed by atoms with E-state index in [4.69, 9.17) is 4.74 Å². The van der Waals surface area contributed by atoms with E-state index in [9.17, 15) is 27.9 Å². The number of carbonyl (C=O) groups is 2. The third-order valence-corrected chi connectivity index (χ3v) is 5.97. The van der Waals surface area contributed by atoms with Gasteiger partial charge in [-0.05, 0) is 50.6 Å². The maximum atomic E-state index is 13.0. The average Bonchev–Trinajstić information content (AvgIpc) is 3.23. The minimum atomic E-state index is -4.52. The van der Waals surface area contributed by atoms with E-state index in [0.717, 1.165) is 38.1 Å². The number of hydrogen-bond acceptors (Lipinski definition) is 5. The van der Waals surface area contributed by atoms with Crippen LogP contribution in [0.2, 0.25) is 0 Å². The molecule has 0 aromatic heterocycles. The van der Waals surface area contributed by atoms with Gasteiger partial charge in [0.1, 0.15) is 0 Å². The second-order valence-electron chi connectivity index (χ2n) is 7.75. The van der Waals surface area contributed by atoms with Gasteiger partial charge in [0.25, 0.3) is 0 Å². The van der Waals surface area contributed by atoms with Gasteiger partial charge in [-0.2, -0.15) is 13.2 Å². The van der Waals surface area contributed by atoms with E-state index in [-0.39, 0.29) is 29.1 Å². The van der Waals surface area contributed by atoms with Gasteiger partial charge in [-0.3, -0.25) is 4.90 Å². The molecule has 10 heteroatoms. The molecule has 1 aromatic rings. The van der Waals surface area contributed by atoms with Gasteiger partial charge in [0.05, 0.1) is 29.7 Å². The molecule has 2 heterocycles. The number of benzene rings is 1. The fourth-order valence-electron chi connectivity index (χ4n) is 4.25. The molecule has 3 rings (SSSR count). The van der Waals surface area contributed by atoms with Crippen LogP contribution in [0.5, 0.6) is 0 Å². The van der Waals surface area contributed by atoms with Crippen LogP contribution in [0.3, 0.4) is 0 Å². The van der Waals surface area contributed by atoms with E-state index in [2.05, 4.69) is 4.90 Å². The number of nitrogens with zero attached hydrogens (tertiary/aromatic N) is 2. The van der Waals surface area contributed by atoms with E-state index in [1.165, 1.54) is 19.2 Å². The number of carboxylic acid groups (broad SMARTS) is 1. The highest BCUT2D eigenvalue weighted by molar-refractivity contribution is 5.99. The Bertz CT molecular complexity index is 935. The SMILES string of the molecule is COC(=O)C1=C(C)N(C)C(CN2CCCC2)=C(C(=O)O)C1c1ccc(C(F)(F)F)cc1.Cl. The Labute approximate surface area is 190 Å². The normalized spacial score (nSPS) is 19.8. The zero-order valence-electron chi connectivity index (χ0n) is 18.0. The summed E-state index contributed by atoms with van der Waals surface area (Å²) in [6.07, 6.45) is -2.48. The number of methoxy groups -OCH3 is 1. The number of likely N-dealkylation sites (tertiary alicyclic amines) is 1. The molecule has 2 aliphatic heterocycles. The number of halogens is 4. The molecule has 0 saturated carbocycles. The van der Waals surface area contributed by atoms with E-state index in [0.29, 0.717) is 17.9 Å². The number of ether oxygens (including phenoxy) is 1. The Morgan fingerprint density at radius 3 is 2.16 bits per heavy atom. The predicted octanol–water partition coefficient (Wildman–Crippen LogP) is 4.04. The summed E-state index contributed by atoms with van der Waals surface area (Å²) >= 11 is 0. The van der Waals surface area contributed by atoms with E-state index >= 15 is 0 Å². The Hall–Kier alpha value is -2.52. The molecule has 1 unspecified atom stereocenters. The van der Waals surface area contributed by atoms with Gasteiger partial charge in [0.2, 0.25) is 0 Å². The number of alkyl halides is 3. The summed E-state index contributed by atoms with van der Waals surface area (Å²) in [4.78, 5) is 28.8. The van der Waals surface area contributed by atoms with Crippen molar-refractivity contribution in [1.82, 2.24) is 9.80 Å². The predicted molar refractivity (Wildman–Crippen MR) is 114 cm³/mol. The van der Waals surface area contributed by atoms with Crippen LogP contribution in [-0.4, -0.2) is 60.6 Å². The molecule has 1 N–H and O–H groups in total. The standard InChI is InChI=1S/C22H25F3N2O4.ClH/c1-13-17(21(30)31-3)18(14-6-8-15(9-7-14)22(23,24)25)19(20(28)29)16(26(13)2)12-27-10-4-5-11-27;/h6-9,18H,4-5,10-12H2,1-3H3,(H,28,29);1H. The summed E-state index contributed by atoms with van der Waals surface area (Å²) in [5.74, 6) is -2.98. The number of carbonyl (C=O) groups excluding carboxylic acids is 1. The molecule has 6 nitrogen and oxygen atoms in total. The first-order chi connectivity index (χ1) is 14.6. The molecular formula is C22H26ClF3N2O4. The van der Waals surface area contributed by atoms with Crippen molar-refractivity contribution < 1.29 is 32.6 Å². The number of hydrogen-bond donors (Lipinski definition) is 1. The monoisotopic (exact) mass is 474 g/mol. The quantitative estimate of drug-likeness (QED) is 0.650. The highest BCUT2D eigenvalue weighted by Gasteiger charge is 2.41. The maximum Gasteiger partial charge on any atom is 0.416 e. The maximum absolute atomic E-state index is 13.0. The Kier molecular flexibility index (Phi) is 8.01. The minimum Gasteiger partial charge on any atom is -0.478 e. The number of esters is 1. The van der Waals surface area contributed by atoms with Crippen molar-refractivity contribution in [3.05, 3.63) is 57.9 Å². The summed E-state index contributed by atoms with van der Waals surface area (Å²) in [5, 5.41) is 10.1.